The normalized spacial score (nSPS) is 20.4. The molecule has 0 bridgehead atoms. The van der Waals surface area contributed by atoms with Gasteiger partial charge in [-0.05, 0) is 39.2 Å². The summed E-state index contributed by atoms with van der Waals surface area (Å²) in [6.07, 6.45) is 8.32. The Labute approximate surface area is 96.9 Å². The standard InChI is InChI=1S/C12H20N4/c1-10-12(15-8-7-14-10)16-9-3-5-11(16)4-2-6-13/h7-8,11H,2-6,9,13H2,1H3. The molecule has 1 saturated heterocycles. The van der Waals surface area contributed by atoms with Gasteiger partial charge in [-0.3, -0.25) is 4.98 Å². The lowest BCUT2D eigenvalue weighted by molar-refractivity contribution is 0.580. The number of hydrogen-bond acceptors (Lipinski definition) is 4. The first kappa shape index (κ1) is 11.3. The summed E-state index contributed by atoms with van der Waals surface area (Å²) in [5, 5.41) is 0. The van der Waals surface area contributed by atoms with Crippen molar-refractivity contribution in [1.29, 1.82) is 0 Å². The van der Waals surface area contributed by atoms with Gasteiger partial charge in [0.15, 0.2) is 0 Å². The topological polar surface area (TPSA) is 55.0 Å². The molecule has 4 heteroatoms. The fourth-order valence-corrected chi connectivity index (χ4v) is 2.45. The molecule has 88 valence electrons. The van der Waals surface area contributed by atoms with E-state index < -0.39 is 0 Å². The molecule has 0 radical (unpaired) electrons. The smallest absolute Gasteiger partial charge is 0.150 e. The maximum Gasteiger partial charge on any atom is 0.150 e. The Morgan fingerprint density at radius 3 is 3.00 bits per heavy atom. The van der Waals surface area contributed by atoms with Crippen LogP contribution in [0.2, 0.25) is 0 Å². The summed E-state index contributed by atoms with van der Waals surface area (Å²) in [6.45, 7) is 3.92. The monoisotopic (exact) mass is 220 g/mol. The number of aryl methyl sites for hydroxylation is 1. The molecule has 4 nitrogen and oxygen atoms in total. The molecule has 1 fully saturated rings. The molecule has 1 aliphatic heterocycles. The second-order valence-corrected chi connectivity index (χ2v) is 4.39. The molecule has 0 amide bonds. The summed E-state index contributed by atoms with van der Waals surface area (Å²) >= 11 is 0. The lowest BCUT2D eigenvalue weighted by Crippen LogP contribution is -2.31. The second kappa shape index (κ2) is 5.25. The van der Waals surface area contributed by atoms with E-state index in [0.717, 1.165) is 31.0 Å². The molecule has 1 aromatic heterocycles. The first-order valence-corrected chi connectivity index (χ1v) is 6.07. The molecule has 0 aromatic carbocycles. The fraction of sp³-hybridized carbons (Fsp3) is 0.667. The van der Waals surface area contributed by atoms with E-state index in [9.17, 15) is 0 Å². The van der Waals surface area contributed by atoms with Gasteiger partial charge in [-0.15, -0.1) is 0 Å². The number of rotatable bonds is 4. The van der Waals surface area contributed by atoms with Crippen LogP contribution in [0.15, 0.2) is 12.4 Å². The van der Waals surface area contributed by atoms with E-state index in [1.54, 1.807) is 12.4 Å². The number of anilines is 1. The molecular weight excluding hydrogens is 200 g/mol. The Kier molecular flexibility index (Phi) is 3.72. The maximum absolute atomic E-state index is 5.57. The van der Waals surface area contributed by atoms with Crippen LogP contribution in [-0.4, -0.2) is 29.1 Å². The number of hydrogen-bond donors (Lipinski definition) is 1. The van der Waals surface area contributed by atoms with Crippen LogP contribution in [-0.2, 0) is 0 Å². The zero-order valence-corrected chi connectivity index (χ0v) is 9.89. The minimum atomic E-state index is 0.610. The van der Waals surface area contributed by atoms with Gasteiger partial charge in [-0.25, -0.2) is 4.98 Å². The van der Waals surface area contributed by atoms with Gasteiger partial charge in [0, 0.05) is 25.0 Å². The summed E-state index contributed by atoms with van der Waals surface area (Å²) < 4.78 is 0. The first-order chi connectivity index (χ1) is 7.83. The highest BCUT2D eigenvalue weighted by Gasteiger charge is 2.26. The summed E-state index contributed by atoms with van der Waals surface area (Å²) in [5.41, 5.74) is 6.60. The van der Waals surface area contributed by atoms with Crippen molar-refractivity contribution in [1.82, 2.24) is 9.97 Å². The molecule has 0 spiro atoms. The molecule has 0 saturated carbocycles. The minimum absolute atomic E-state index is 0.610. The van der Waals surface area contributed by atoms with Crippen molar-refractivity contribution >= 4 is 5.82 Å². The Balaban J connectivity index is 2.10. The van der Waals surface area contributed by atoms with Crippen molar-refractivity contribution in [3.63, 3.8) is 0 Å². The second-order valence-electron chi connectivity index (χ2n) is 4.39. The molecule has 1 aliphatic rings. The van der Waals surface area contributed by atoms with Crippen LogP contribution >= 0.6 is 0 Å². The highest BCUT2D eigenvalue weighted by Crippen LogP contribution is 2.27. The maximum atomic E-state index is 5.57. The summed E-state index contributed by atoms with van der Waals surface area (Å²) in [6, 6.07) is 0.610. The van der Waals surface area contributed by atoms with Crippen molar-refractivity contribution in [3.05, 3.63) is 18.1 Å². The fourth-order valence-electron chi connectivity index (χ4n) is 2.45. The van der Waals surface area contributed by atoms with Crippen molar-refractivity contribution < 1.29 is 0 Å². The molecule has 16 heavy (non-hydrogen) atoms. The van der Waals surface area contributed by atoms with Gasteiger partial charge in [0.2, 0.25) is 0 Å². The van der Waals surface area contributed by atoms with Gasteiger partial charge in [0.05, 0.1) is 5.69 Å². The lowest BCUT2D eigenvalue weighted by Gasteiger charge is -2.26. The van der Waals surface area contributed by atoms with Crippen LogP contribution in [0.25, 0.3) is 0 Å². The third kappa shape index (κ3) is 2.32. The van der Waals surface area contributed by atoms with E-state index in [4.69, 9.17) is 5.73 Å². The molecule has 1 aromatic rings. The van der Waals surface area contributed by atoms with Gasteiger partial charge in [0.1, 0.15) is 5.82 Å². The van der Waals surface area contributed by atoms with Gasteiger partial charge in [-0.2, -0.15) is 0 Å². The molecule has 2 N–H and O–H groups in total. The van der Waals surface area contributed by atoms with Crippen molar-refractivity contribution in [2.75, 3.05) is 18.0 Å². The van der Waals surface area contributed by atoms with Crippen molar-refractivity contribution in [2.24, 2.45) is 5.73 Å². The summed E-state index contributed by atoms with van der Waals surface area (Å²) in [4.78, 5) is 11.2. The Morgan fingerprint density at radius 2 is 2.25 bits per heavy atom. The SMILES string of the molecule is Cc1nccnc1N1CCCC1CCCN. The number of aromatic nitrogens is 2. The first-order valence-electron chi connectivity index (χ1n) is 6.07. The Bertz CT molecular complexity index is 340. The molecular formula is C12H20N4. The predicted octanol–water partition coefficient (Wildman–Crippen LogP) is 1.49. The van der Waals surface area contributed by atoms with Crippen LogP contribution in [0.4, 0.5) is 5.82 Å². The van der Waals surface area contributed by atoms with E-state index >= 15 is 0 Å². The van der Waals surface area contributed by atoms with Crippen LogP contribution in [0.1, 0.15) is 31.4 Å². The van der Waals surface area contributed by atoms with E-state index in [1.807, 2.05) is 6.92 Å². The van der Waals surface area contributed by atoms with Crippen LogP contribution in [0.5, 0.6) is 0 Å². The average molecular weight is 220 g/mol. The third-order valence-electron chi connectivity index (χ3n) is 3.25. The summed E-state index contributed by atoms with van der Waals surface area (Å²) in [7, 11) is 0. The van der Waals surface area contributed by atoms with Crippen LogP contribution < -0.4 is 10.6 Å². The molecule has 0 aliphatic carbocycles. The van der Waals surface area contributed by atoms with Gasteiger partial charge >= 0.3 is 0 Å². The lowest BCUT2D eigenvalue weighted by atomic mass is 10.1. The molecule has 1 atom stereocenters. The Morgan fingerprint density at radius 1 is 1.44 bits per heavy atom. The highest BCUT2D eigenvalue weighted by molar-refractivity contribution is 5.44. The van der Waals surface area contributed by atoms with Crippen molar-refractivity contribution in [2.45, 2.75) is 38.6 Å². The van der Waals surface area contributed by atoms with E-state index in [-0.39, 0.29) is 0 Å². The van der Waals surface area contributed by atoms with Gasteiger partial charge in [-0.1, -0.05) is 0 Å². The molecule has 2 heterocycles. The number of nitrogens with two attached hydrogens (primary N) is 1. The van der Waals surface area contributed by atoms with Crippen LogP contribution in [0, 0.1) is 6.92 Å². The predicted molar refractivity (Wildman–Crippen MR) is 65.4 cm³/mol. The van der Waals surface area contributed by atoms with Crippen molar-refractivity contribution in [3.8, 4) is 0 Å². The minimum Gasteiger partial charge on any atom is -0.352 e. The van der Waals surface area contributed by atoms with E-state index in [1.165, 1.54) is 19.3 Å². The largest absolute Gasteiger partial charge is 0.352 e. The average Bonchev–Trinajstić information content (AvgIpc) is 2.75. The van der Waals surface area contributed by atoms with Gasteiger partial charge < -0.3 is 10.6 Å². The number of nitrogens with zero attached hydrogens (tertiary/aromatic N) is 3. The molecule has 2 rings (SSSR count). The molecule has 1 unspecified atom stereocenters. The zero-order chi connectivity index (χ0) is 11.4. The highest BCUT2D eigenvalue weighted by atomic mass is 15.2. The summed E-state index contributed by atoms with van der Waals surface area (Å²) in [5.74, 6) is 1.06. The third-order valence-corrected chi connectivity index (χ3v) is 3.25. The van der Waals surface area contributed by atoms with E-state index in [2.05, 4.69) is 14.9 Å². The quantitative estimate of drug-likeness (QED) is 0.835. The van der Waals surface area contributed by atoms with Crippen LogP contribution in [0.3, 0.4) is 0 Å². The zero-order valence-electron chi connectivity index (χ0n) is 9.89. The Hall–Kier alpha value is -1.16. The van der Waals surface area contributed by atoms with Gasteiger partial charge in [0.25, 0.3) is 0 Å². The van der Waals surface area contributed by atoms with E-state index in [0.29, 0.717) is 6.04 Å².